The van der Waals surface area contributed by atoms with E-state index >= 15 is 0 Å². The largest absolute Gasteiger partial charge is 0.310 e. The Morgan fingerprint density at radius 1 is 0.379 bits per heavy atom. The maximum Gasteiger partial charge on any atom is 0.159 e. The van der Waals surface area contributed by atoms with Crippen LogP contribution in [-0.4, -0.2) is 14.5 Å². The third-order valence-electron chi connectivity index (χ3n) is 10.8. The number of anilines is 6. The van der Waals surface area contributed by atoms with E-state index < -0.39 is 0 Å². The van der Waals surface area contributed by atoms with E-state index in [9.17, 15) is 0 Å². The van der Waals surface area contributed by atoms with Crippen LogP contribution in [0.1, 0.15) is 5.56 Å². The molecule has 0 saturated heterocycles. The Morgan fingerprint density at radius 2 is 0.810 bits per heavy atom. The summed E-state index contributed by atoms with van der Waals surface area (Å²) in [5.74, 6) is 0.727. The van der Waals surface area contributed by atoms with Crippen LogP contribution in [0.2, 0.25) is 0 Å². The van der Waals surface area contributed by atoms with Crippen molar-refractivity contribution >= 4 is 55.9 Å². The van der Waals surface area contributed by atoms with E-state index in [1.54, 1.807) is 12.4 Å². The fraction of sp³-hybridized carbons (Fsp3) is 0.0189. The maximum atomic E-state index is 4.43. The Bertz CT molecular complexity index is 2760. The molecule has 0 radical (unpaired) electrons. The van der Waals surface area contributed by atoms with Gasteiger partial charge in [0.15, 0.2) is 5.82 Å². The molecule has 0 amide bonds. The fourth-order valence-electron chi connectivity index (χ4n) is 8.12. The molecule has 8 aromatic carbocycles. The average molecular weight is 746 g/mol. The first kappa shape index (κ1) is 34.7. The molecule has 10 aromatic rings. The molecule has 0 bridgehead atoms. The Labute approximate surface area is 338 Å². The van der Waals surface area contributed by atoms with E-state index in [1.807, 2.05) is 6.07 Å². The SMILES string of the molecule is Cc1cc(-n2c3ccc(N(c4ccccc4)c4ccccc4)cc3c3cc(N(c4ccccc4)c4ccccc4)ccc32)ccc1-c1ccc(-c2ncccn2)cc1. The Kier molecular flexibility index (Phi) is 9.01. The molecule has 0 aliphatic carbocycles. The summed E-state index contributed by atoms with van der Waals surface area (Å²) in [6.45, 7) is 2.20. The highest BCUT2D eigenvalue weighted by molar-refractivity contribution is 6.12. The summed E-state index contributed by atoms with van der Waals surface area (Å²) < 4.78 is 2.41. The predicted molar refractivity (Wildman–Crippen MR) is 241 cm³/mol. The average Bonchev–Trinajstić information content (AvgIpc) is 3.61. The molecule has 276 valence electrons. The minimum absolute atomic E-state index is 0.727. The third kappa shape index (κ3) is 6.45. The molecule has 0 aliphatic heterocycles. The molecule has 0 atom stereocenters. The minimum Gasteiger partial charge on any atom is -0.310 e. The zero-order valence-corrected chi connectivity index (χ0v) is 32.0. The summed E-state index contributed by atoms with van der Waals surface area (Å²) >= 11 is 0. The summed E-state index contributed by atoms with van der Waals surface area (Å²) in [6, 6.07) is 73.4. The lowest BCUT2D eigenvalue weighted by Crippen LogP contribution is -2.09. The van der Waals surface area contributed by atoms with Crippen LogP contribution in [0, 0.1) is 6.92 Å². The highest BCUT2D eigenvalue weighted by atomic mass is 15.1. The topological polar surface area (TPSA) is 37.2 Å². The van der Waals surface area contributed by atoms with Crippen LogP contribution in [-0.2, 0) is 0 Å². The number of fused-ring (bicyclic) bond motifs is 3. The van der Waals surface area contributed by atoms with Crippen LogP contribution < -0.4 is 9.80 Å². The van der Waals surface area contributed by atoms with Crippen molar-refractivity contribution in [2.75, 3.05) is 9.80 Å². The summed E-state index contributed by atoms with van der Waals surface area (Å²) in [4.78, 5) is 13.5. The van der Waals surface area contributed by atoms with Crippen molar-refractivity contribution in [2.45, 2.75) is 6.92 Å². The number of aryl methyl sites for hydroxylation is 1. The van der Waals surface area contributed by atoms with Crippen molar-refractivity contribution in [2.24, 2.45) is 0 Å². The van der Waals surface area contributed by atoms with Gasteiger partial charge in [-0.3, -0.25) is 0 Å². The molecule has 5 nitrogen and oxygen atoms in total. The number of para-hydroxylation sites is 4. The van der Waals surface area contributed by atoms with Gasteiger partial charge in [0.1, 0.15) is 0 Å². The van der Waals surface area contributed by atoms with Gasteiger partial charge in [0.25, 0.3) is 0 Å². The number of nitrogens with zero attached hydrogens (tertiary/aromatic N) is 5. The number of benzene rings is 8. The lowest BCUT2D eigenvalue weighted by atomic mass is 9.98. The molecular formula is C53H39N5. The predicted octanol–water partition coefficient (Wildman–Crippen LogP) is 14.2. The van der Waals surface area contributed by atoms with E-state index in [-0.39, 0.29) is 0 Å². The quantitative estimate of drug-likeness (QED) is 0.147. The number of hydrogen-bond acceptors (Lipinski definition) is 4. The summed E-state index contributed by atoms with van der Waals surface area (Å²) in [7, 11) is 0. The van der Waals surface area contributed by atoms with E-state index in [0.29, 0.717) is 0 Å². The van der Waals surface area contributed by atoms with Crippen LogP contribution >= 0.6 is 0 Å². The molecule has 0 fully saturated rings. The highest BCUT2D eigenvalue weighted by Crippen LogP contribution is 2.43. The first-order chi connectivity index (χ1) is 28.7. The number of rotatable bonds is 9. The van der Waals surface area contributed by atoms with Gasteiger partial charge in [-0.25, -0.2) is 9.97 Å². The van der Waals surface area contributed by atoms with Gasteiger partial charge < -0.3 is 14.4 Å². The Balaban J connectivity index is 1.15. The van der Waals surface area contributed by atoms with Gasteiger partial charge in [0.2, 0.25) is 0 Å². The molecule has 2 heterocycles. The zero-order valence-electron chi connectivity index (χ0n) is 32.0. The molecule has 0 saturated carbocycles. The first-order valence-electron chi connectivity index (χ1n) is 19.6. The van der Waals surface area contributed by atoms with Crippen molar-refractivity contribution in [3.05, 3.63) is 224 Å². The Morgan fingerprint density at radius 3 is 1.24 bits per heavy atom. The summed E-state index contributed by atoms with van der Waals surface area (Å²) in [5.41, 5.74) is 14.5. The molecule has 0 aliphatic rings. The van der Waals surface area contributed by atoms with Gasteiger partial charge in [-0.15, -0.1) is 0 Å². The lowest BCUT2D eigenvalue weighted by molar-refractivity contribution is 1.17. The van der Waals surface area contributed by atoms with Gasteiger partial charge >= 0.3 is 0 Å². The van der Waals surface area contributed by atoms with Crippen LogP contribution in [0.3, 0.4) is 0 Å². The van der Waals surface area contributed by atoms with Crippen molar-refractivity contribution in [3.8, 4) is 28.2 Å². The van der Waals surface area contributed by atoms with E-state index in [0.717, 1.165) is 67.8 Å². The molecule has 10 rings (SSSR count). The first-order valence-corrected chi connectivity index (χ1v) is 19.6. The van der Waals surface area contributed by atoms with Crippen molar-refractivity contribution in [1.82, 2.24) is 14.5 Å². The van der Waals surface area contributed by atoms with Crippen LogP contribution in [0.15, 0.2) is 219 Å². The van der Waals surface area contributed by atoms with Crippen molar-refractivity contribution in [1.29, 1.82) is 0 Å². The molecular weight excluding hydrogens is 707 g/mol. The molecule has 5 heteroatoms. The maximum absolute atomic E-state index is 4.43. The fourth-order valence-corrected chi connectivity index (χ4v) is 8.12. The molecule has 58 heavy (non-hydrogen) atoms. The van der Waals surface area contributed by atoms with Gasteiger partial charge in [0.05, 0.1) is 11.0 Å². The Hall–Kier alpha value is -7.76. The summed E-state index contributed by atoms with van der Waals surface area (Å²) in [5, 5.41) is 2.35. The van der Waals surface area contributed by atoms with E-state index in [4.69, 9.17) is 0 Å². The molecule has 0 N–H and O–H groups in total. The second kappa shape index (κ2) is 15.1. The standard InChI is InChI=1S/C53H39N5/c1-38-35-45(27-30-48(38)39-23-25-40(26-24-39)53-54-33-14-34-55-53)58-51-31-28-46(56(41-15-6-2-7-16-41)42-17-8-3-9-18-42)36-49(51)50-37-47(29-32-52(50)58)57(43-19-10-4-11-20-43)44-21-12-5-13-22-44/h2-37H,1H3. The van der Waals surface area contributed by atoms with Gasteiger partial charge in [-0.1, -0.05) is 103 Å². The lowest BCUT2D eigenvalue weighted by Gasteiger charge is -2.26. The second-order valence-corrected chi connectivity index (χ2v) is 14.4. The van der Waals surface area contributed by atoms with Crippen LogP contribution in [0.4, 0.5) is 34.1 Å². The van der Waals surface area contributed by atoms with E-state index in [2.05, 4.69) is 231 Å². The number of hydrogen-bond donors (Lipinski definition) is 0. The van der Waals surface area contributed by atoms with Gasteiger partial charge in [0, 0.05) is 68.5 Å². The van der Waals surface area contributed by atoms with Crippen molar-refractivity contribution in [3.63, 3.8) is 0 Å². The highest BCUT2D eigenvalue weighted by Gasteiger charge is 2.20. The van der Waals surface area contributed by atoms with Gasteiger partial charge in [-0.2, -0.15) is 0 Å². The van der Waals surface area contributed by atoms with E-state index in [1.165, 1.54) is 21.9 Å². The normalized spacial score (nSPS) is 11.2. The monoisotopic (exact) mass is 745 g/mol. The smallest absolute Gasteiger partial charge is 0.159 e. The van der Waals surface area contributed by atoms with Crippen LogP contribution in [0.5, 0.6) is 0 Å². The second-order valence-electron chi connectivity index (χ2n) is 14.4. The third-order valence-corrected chi connectivity index (χ3v) is 10.8. The van der Waals surface area contributed by atoms with Crippen molar-refractivity contribution < 1.29 is 0 Å². The minimum atomic E-state index is 0.727. The van der Waals surface area contributed by atoms with Crippen LogP contribution in [0.25, 0.3) is 50.0 Å². The zero-order chi connectivity index (χ0) is 38.8. The molecule has 0 unspecified atom stereocenters. The molecule has 0 spiro atoms. The summed E-state index contributed by atoms with van der Waals surface area (Å²) in [6.07, 6.45) is 3.56. The number of aromatic nitrogens is 3. The molecule has 2 aromatic heterocycles. The van der Waals surface area contributed by atoms with Gasteiger partial charge in [-0.05, 0) is 127 Å².